The number of rotatable bonds is 1. The summed E-state index contributed by atoms with van der Waals surface area (Å²) in [7, 11) is 0. The molecule has 0 fully saturated rings. The lowest BCUT2D eigenvalue weighted by Crippen LogP contribution is -1.86. The third-order valence-electron chi connectivity index (χ3n) is 2.86. The number of imidazole rings is 1. The zero-order valence-corrected chi connectivity index (χ0v) is 11.6. The molecule has 0 spiro atoms. The van der Waals surface area contributed by atoms with Crippen LogP contribution in [0.1, 0.15) is 5.56 Å². The van der Waals surface area contributed by atoms with E-state index in [0.29, 0.717) is 11.3 Å². The summed E-state index contributed by atoms with van der Waals surface area (Å²) in [4.78, 5) is 4.41. The molecule has 0 radical (unpaired) electrons. The molecule has 3 aromatic rings. The molecule has 0 aliphatic rings. The predicted molar refractivity (Wildman–Crippen MR) is 73.0 cm³/mol. The van der Waals surface area contributed by atoms with Crippen LogP contribution in [0.4, 0.5) is 8.78 Å². The number of benzene rings is 1. The molecule has 0 N–H and O–H groups in total. The van der Waals surface area contributed by atoms with Crippen LogP contribution >= 0.6 is 15.9 Å². The first-order chi connectivity index (χ1) is 9.02. The number of fused-ring (bicyclic) bond motifs is 1. The first kappa shape index (κ1) is 12.3. The van der Waals surface area contributed by atoms with Gasteiger partial charge in [-0.15, -0.1) is 0 Å². The van der Waals surface area contributed by atoms with Crippen molar-refractivity contribution in [2.75, 3.05) is 0 Å². The summed E-state index contributed by atoms with van der Waals surface area (Å²) in [6.45, 7) is 1.93. The lowest BCUT2D eigenvalue weighted by molar-refractivity contribution is 0.584. The molecule has 0 unspecified atom stereocenters. The second kappa shape index (κ2) is 4.42. The Balaban J connectivity index is 2.23. The highest BCUT2D eigenvalue weighted by molar-refractivity contribution is 9.10. The van der Waals surface area contributed by atoms with Gasteiger partial charge in [-0.2, -0.15) is 0 Å². The third-order valence-corrected chi connectivity index (χ3v) is 3.29. The van der Waals surface area contributed by atoms with Crippen molar-refractivity contribution in [2.24, 2.45) is 0 Å². The predicted octanol–water partition coefficient (Wildman–Crippen LogP) is 4.35. The lowest BCUT2D eigenvalue weighted by Gasteiger charge is -1.97. The summed E-state index contributed by atoms with van der Waals surface area (Å²) in [6.07, 6.45) is 3.61. The van der Waals surface area contributed by atoms with Gasteiger partial charge in [0.05, 0.1) is 5.69 Å². The molecule has 2 aromatic heterocycles. The van der Waals surface area contributed by atoms with Crippen molar-refractivity contribution in [3.05, 3.63) is 58.3 Å². The number of halogens is 3. The minimum absolute atomic E-state index is 0.428. The second-order valence-electron chi connectivity index (χ2n) is 4.36. The van der Waals surface area contributed by atoms with E-state index in [1.807, 2.05) is 23.6 Å². The average Bonchev–Trinajstić information content (AvgIpc) is 2.71. The molecular formula is C14H9BrF2N2. The van der Waals surface area contributed by atoms with Crippen molar-refractivity contribution in [1.29, 1.82) is 0 Å². The summed E-state index contributed by atoms with van der Waals surface area (Å²) in [5, 5.41) is 0. The molecule has 5 heteroatoms. The molecule has 2 heterocycles. The van der Waals surface area contributed by atoms with E-state index >= 15 is 0 Å². The quantitative estimate of drug-likeness (QED) is 0.651. The van der Waals surface area contributed by atoms with E-state index in [2.05, 4.69) is 20.9 Å². The number of pyridine rings is 1. The summed E-state index contributed by atoms with van der Waals surface area (Å²) in [5.74, 6) is -1.21. The molecule has 1 aromatic carbocycles. The first-order valence-electron chi connectivity index (χ1n) is 5.64. The van der Waals surface area contributed by atoms with E-state index in [4.69, 9.17) is 0 Å². The smallest absolute Gasteiger partial charge is 0.140 e. The normalized spacial score (nSPS) is 11.2. The number of hydrogen-bond donors (Lipinski definition) is 0. The Labute approximate surface area is 116 Å². The zero-order chi connectivity index (χ0) is 13.6. The number of nitrogens with zero attached hydrogens (tertiary/aromatic N) is 2. The first-order valence-corrected chi connectivity index (χ1v) is 6.43. The zero-order valence-electron chi connectivity index (χ0n) is 9.99. The molecule has 3 rings (SSSR count). The topological polar surface area (TPSA) is 17.3 Å². The van der Waals surface area contributed by atoms with Crippen molar-refractivity contribution >= 4 is 21.6 Å². The molecule has 0 atom stereocenters. The maximum atomic E-state index is 13.2. The summed E-state index contributed by atoms with van der Waals surface area (Å²) >= 11 is 3.40. The summed E-state index contributed by atoms with van der Waals surface area (Å²) in [6, 6.07) is 5.34. The van der Waals surface area contributed by atoms with Crippen LogP contribution in [-0.4, -0.2) is 9.38 Å². The Morgan fingerprint density at radius 1 is 1.05 bits per heavy atom. The summed E-state index contributed by atoms with van der Waals surface area (Å²) in [5.41, 5.74) is 2.72. The maximum Gasteiger partial charge on any atom is 0.140 e. The van der Waals surface area contributed by atoms with Crippen LogP contribution in [0.15, 0.2) is 41.1 Å². The van der Waals surface area contributed by atoms with Gasteiger partial charge in [0.25, 0.3) is 0 Å². The van der Waals surface area contributed by atoms with Crippen LogP contribution in [0.2, 0.25) is 0 Å². The fraction of sp³-hybridized carbons (Fsp3) is 0.0714. The third kappa shape index (κ3) is 2.26. The molecule has 96 valence electrons. The van der Waals surface area contributed by atoms with E-state index in [1.54, 1.807) is 6.20 Å². The van der Waals surface area contributed by atoms with Gasteiger partial charge in [0, 0.05) is 28.5 Å². The van der Waals surface area contributed by atoms with Crippen LogP contribution in [-0.2, 0) is 0 Å². The summed E-state index contributed by atoms with van der Waals surface area (Å²) < 4.78 is 29.2. The SMILES string of the molecule is Cc1cc(Br)cn2cc(-c3cc(F)cc(F)c3)nc12. The molecule has 0 aliphatic carbocycles. The number of hydrogen-bond acceptors (Lipinski definition) is 1. The van der Waals surface area contributed by atoms with Crippen molar-refractivity contribution in [3.63, 3.8) is 0 Å². The molecule has 19 heavy (non-hydrogen) atoms. The minimum atomic E-state index is -0.607. The fourth-order valence-corrected chi connectivity index (χ4v) is 2.63. The molecule has 0 saturated carbocycles. The van der Waals surface area contributed by atoms with Gasteiger partial charge in [0.1, 0.15) is 17.3 Å². The van der Waals surface area contributed by atoms with Gasteiger partial charge in [0.2, 0.25) is 0 Å². The monoisotopic (exact) mass is 322 g/mol. The number of aryl methyl sites for hydroxylation is 1. The van der Waals surface area contributed by atoms with Crippen molar-refractivity contribution < 1.29 is 8.78 Å². The van der Waals surface area contributed by atoms with E-state index in [0.717, 1.165) is 21.7 Å². The van der Waals surface area contributed by atoms with Gasteiger partial charge < -0.3 is 4.40 Å². The highest BCUT2D eigenvalue weighted by Gasteiger charge is 2.09. The Morgan fingerprint density at radius 3 is 2.42 bits per heavy atom. The second-order valence-corrected chi connectivity index (χ2v) is 5.27. The van der Waals surface area contributed by atoms with Crippen molar-refractivity contribution in [1.82, 2.24) is 9.38 Å². The molecule has 0 amide bonds. The molecular weight excluding hydrogens is 314 g/mol. The van der Waals surface area contributed by atoms with Crippen molar-refractivity contribution in [2.45, 2.75) is 6.92 Å². The fourth-order valence-electron chi connectivity index (χ4n) is 2.07. The van der Waals surface area contributed by atoms with Gasteiger partial charge in [-0.3, -0.25) is 0 Å². The van der Waals surface area contributed by atoms with Gasteiger partial charge in [-0.25, -0.2) is 13.8 Å². The van der Waals surface area contributed by atoms with Crippen LogP contribution in [0.3, 0.4) is 0 Å². The number of aromatic nitrogens is 2. The molecule has 2 nitrogen and oxygen atoms in total. The van der Waals surface area contributed by atoms with E-state index in [9.17, 15) is 8.78 Å². The van der Waals surface area contributed by atoms with Gasteiger partial charge >= 0.3 is 0 Å². The Morgan fingerprint density at radius 2 is 1.74 bits per heavy atom. The average molecular weight is 323 g/mol. The van der Waals surface area contributed by atoms with E-state index in [-0.39, 0.29) is 0 Å². The highest BCUT2D eigenvalue weighted by Crippen LogP contribution is 2.24. The minimum Gasteiger partial charge on any atom is -0.305 e. The maximum absolute atomic E-state index is 13.2. The highest BCUT2D eigenvalue weighted by atomic mass is 79.9. The lowest BCUT2D eigenvalue weighted by atomic mass is 10.1. The van der Waals surface area contributed by atoms with Crippen LogP contribution < -0.4 is 0 Å². The van der Waals surface area contributed by atoms with Crippen LogP contribution in [0.25, 0.3) is 16.9 Å². The Hall–Kier alpha value is -1.75. The standard InChI is InChI=1S/C14H9BrF2N2/c1-8-2-10(15)6-19-7-13(18-14(8)19)9-3-11(16)5-12(17)4-9/h2-7H,1H3. The van der Waals surface area contributed by atoms with Gasteiger partial charge in [-0.05, 0) is 46.6 Å². The molecule has 0 bridgehead atoms. The van der Waals surface area contributed by atoms with Crippen LogP contribution in [0.5, 0.6) is 0 Å². The molecule has 0 aliphatic heterocycles. The Kier molecular flexibility index (Phi) is 2.86. The van der Waals surface area contributed by atoms with Gasteiger partial charge in [-0.1, -0.05) is 0 Å². The van der Waals surface area contributed by atoms with E-state index in [1.165, 1.54) is 12.1 Å². The van der Waals surface area contributed by atoms with Crippen LogP contribution in [0, 0.1) is 18.6 Å². The largest absolute Gasteiger partial charge is 0.305 e. The Bertz CT molecular complexity index is 760. The molecule has 0 saturated heterocycles. The van der Waals surface area contributed by atoms with Crippen molar-refractivity contribution in [3.8, 4) is 11.3 Å². The van der Waals surface area contributed by atoms with E-state index < -0.39 is 11.6 Å². The van der Waals surface area contributed by atoms with Gasteiger partial charge in [0.15, 0.2) is 0 Å².